The number of aryl methyl sites for hydroxylation is 2. The molecular formula is C30H25NO5. The Kier molecular flexibility index (Phi) is 6.17. The Bertz CT molecular complexity index is 1450. The lowest BCUT2D eigenvalue weighted by atomic mass is 9.93. The van der Waals surface area contributed by atoms with Crippen LogP contribution in [0.3, 0.4) is 0 Å². The van der Waals surface area contributed by atoms with Crippen molar-refractivity contribution in [2.75, 3.05) is 0 Å². The lowest BCUT2D eigenvalue weighted by Crippen LogP contribution is -2.29. The third-order valence-electron chi connectivity index (χ3n) is 6.25. The zero-order valence-electron chi connectivity index (χ0n) is 20.0. The van der Waals surface area contributed by atoms with Gasteiger partial charge in [0, 0.05) is 5.56 Å². The average molecular weight is 480 g/mol. The molecule has 0 spiro atoms. The molecule has 1 aromatic heterocycles. The van der Waals surface area contributed by atoms with Gasteiger partial charge in [0.05, 0.1) is 24.4 Å². The van der Waals surface area contributed by atoms with E-state index in [2.05, 4.69) is 0 Å². The molecule has 1 unspecified atom stereocenters. The van der Waals surface area contributed by atoms with Gasteiger partial charge in [0.25, 0.3) is 11.7 Å². The number of likely N-dealkylation sites (tertiary alicyclic amines) is 1. The Morgan fingerprint density at radius 2 is 1.69 bits per heavy atom. The van der Waals surface area contributed by atoms with Crippen LogP contribution in [0.1, 0.15) is 34.1 Å². The monoisotopic (exact) mass is 479 g/mol. The zero-order chi connectivity index (χ0) is 25.2. The number of Topliss-reactive ketones (excluding diaryl/α,β-unsaturated/α-hetero) is 1. The van der Waals surface area contributed by atoms with Gasteiger partial charge in [-0.25, -0.2) is 0 Å². The first kappa shape index (κ1) is 23.2. The molecule has 1 N–H and O–H groups in total. The maximum absolute atomic E-state index is 13.3. The molecule has 5 rings (SSSR count). The molecule has 1 aliphatic heterocycles. The van der Waals surface area contributed by atoms with Crippen molar-refractivity contribution < 1.29 is 23.8 Å². The second-order valence-electron chi connectivity index (χ2n) is 8.81. The van der Waals surface area contributed by atoms with E-state index in [0.717, 1.165) is 11.1 Å². The first-order chi connectivity index (χ1) is 17.4. The van der Waals surface area contributed by atoms with E-state index in [1.54, 1.807) is 30.3 Å². The number of ketones is 1. The number of ether oxygens (including phenoxy) is 1. The maximum Gasteiger partial charge on any atom is 0.296 e. The fourth-order valence-corrected chi connectivity index (χ4v) is 4.47. The van der Waals surface area contributed by atoms with Gasteiger partial charge in [0.15, 0.2) is 0 Å². The largest absolute Gasteiger partial charge is 0.507 e. The SMILES string of the molecule is Cc1ccc(C)c(/C(O)=C2\C(=O)C(=O)N(Cc3ccco3)C2c2cccc(Oc3ccccc3)c2)c1. The molecule has 6 heteroatoms. The second-order valence-corrected chi connectivity index (χ2v) is 8.81. The van der Waals surface area contributed by atoms with Gasteiger partial charge in [0.1, 0.15) is 23.0 Å². The van der Waals surface area contributed by atoms with Crippen LogP contribution < -0.4 is 4.74 Å². The van der Waals surface area contributed by atoms with E-state index in [9.17, 15) is 14.7 Å². The van der Waals surface area contributed by atoms with Crippen LogP contribution >= 0.6 is 0 Å². The number of carbonyl (C=O) groups is 2. The molecule has 1 saturated heterocycles. The molecule has 36 heavy (non-hydrogen) atoms. The molecule has 6 nitrogen and oxygen atoms in total. The number of hydrogen-bond acceptors (Lipinski definition) is 5. The smallest absolute Gasteiger partial charge is 0.296 e. The van der Waals surface area contributed by atoms with E-state index in [1.807, 2.05) is 68.4 Å². The Morgan fingerprint density at radius 1 is 0.917 bits per heavy atom. The summed E-state index contributed by atoms with van der Waals surface area (Å²) in [7, 11) is 0. The highest BCUT2D eigenvalue weighted by molar-refractivity contribution is 6.46. The summed E-state index contributed by atoms with van der Waals surface area (Å²) in [6.45, 7) is 3.85. The molecule has 0 aliphatic carbocycles. The molecule has 1 fully saturated rings. The van der Waals surface area contributed by atoms with Crippen LogP contribution in [0.5, 0.6) is 11.5 Å². The predicted octanol–water partition coefficient (Wildman–Crippen LogP) is 6.31. The van der Waals surface area contributed by atoms with Gasteiger partial charge in [-0.1, -0.05) is 48.0 Å². The molecule has 0 radical (unpaired) electrons. The van der Waals surface area contributed by atoms with Crippen LogP contribution in [0.25, 0.3) is 5.76 Å². The molecule has 180 valence electrons. The van der Waals surface area contributed by atoms with Gasteiger partial charge < -0.3 is 19.2 Å². The topological polar surface area (TPSA) is 80.0 Å². The van der Waals surface area contributed by atoms with Gasteiger partial charge in [-0.2, -0.15) is 0 Å². The first-order valence-electron chi connectivity index (χ1n) is 11.6. The fourth-order valence-electron chi connectivity index (χ4n) is 4.47. The molecular weight excluding hydrogens is 454 g/mol. The molecule has 0 saturated carbocycles. The minimum Gasteiger partial charge on any atom is -0.507 e. The first-order valence-corrected chi connectivity index (χ1v) is 11.6. The number of hydrogen-bond donors (Lipinski definition) is 1. The summed E-state index contributed by atoms with van der Waals surface area (Å²) >= 11 is 0. The van der Waals surface area contributed by atoms with Crippen LogP contribution in [0, 0.1) is 13.8 Å². The number of para-hydroxylation sites is 1. The van der Waals surface area contributed by atoms with Gasteiger partial charge in [0.2, 0.25) is 0 Å². The lowest BCUT2D eigenvalue weighted by molar-refractivity contribution is -0.140. The van der Waals surface area contributed by atoms with Gasteiger partial charge in [-0.05, 0) is 67.4 Å². The van der Waals surface area contributed by atoms with Crippen molar-refractivity contribution in [3.05, 3.63) is 125 Å². The van der Waals surface area contributed by atoms with Gasteiger partial charge in [-0.3, -0.25) is 9.59 Å². The van der Waals surface area contributed by atoms with Crippen molar-refractivity contribution >= 4 is 17.4 Å². The molecule has 1 amide bonds. The fraction of sp³-hybridized carbons (Fsp3) is 0.133. The third kappa shape index (κ3) is 4.41. The molecule has 2 heterocycles. The zero-order valence-corrected chi connectivity index (χ0v) is 20.0. The number of furan rings is 1. The van der Waals surface area contributed by atoms with E-state index >= 15 is 0 Å². The highest BCUT2D eigenvalue weighted by atomic mass is 16.5. The van der Waals surface area contributed by atoms with Crippen molar-refractivity contribution in [2.24, 2.45) is 0 Å². The minimum absolute atomic E-state index is 0.0390. The number of nitrogens with zero attached hydrogens (tertiary/aromatic N) is 1. The molecule has 1 aliphatic rings. The number of benzene rings is 3. The number of rotatable bonds is 6. The summed E-state index contributed by atoms with van der Waals surface area (Å²) < 4.78 is 11.5. The Balaban J connectivity index is 1.64. The van der Waals surface area contributed by atoms with Crippen molar-refractivity contribution in [3.63, 3.8) is 0 Å². The summed E-state index contributed by atoms with van der Waals surface area (Å²) in [5, 5.41) is 11.4. The molecule has 3 aromatic carbocycles. The van der Waals surface area contributed by atoms with Crippen LogP contribution in [0.4, 0.5) is 0 Å². The third-order valence-corrected chi connectivity index (χ3v) is 6.25. The number of aliphatic hydroxyl groups excluding tert-OH is 1. The van der Waals surface area contributed by atoms with Crippen molar-refractivity contribution in [2.45, 2.75) is 26.4 Å². The summed E-state index contributed by atoms with van der Waals surface area (Å²) in [6, 6.07) is 24.8. The minimum atomic E-state index is -0.825. The molecule has 4 aromatic rings. The predicted molar refractivity (Wildman–Crippen MR) is 135 cm³/mol. The summed E-state index contributed by atoms with van der Waals surface area (Å²) in [4.78, 5) is 28.0. The maximum atomic E-state index is 13.3. The lowest BCUT2D eigenvalue weighted by Gasteiger charge is -2.25. The number of carbonyl (C=O) groups excluding carboxylic acids is 2. The quantitative estimate of drug-likeness (QED) is 0.199. The van der Waals surface area contributed by atoms with Crippen molar-refractivity contribution in [1.29, 1.82) is 0 Å². The Morgan fingerprint density at radius 3 is 2.44 bits per heavy atom. The van der Waals surface area contributed by atoms with Crippen LogP contribution in [0.2, 0.25) is 0 Å². The van der Waals surface area contributed by atoms with E-state index in [-0.39, 0.29) is 17.9 Å². The standard InChI is InChI=1S/C30H25NO5/c1-19-13-14-20(2)25(16-19)28(32)26-27(31(30(34)29(26)33)18-24-12-7-15-35-24)21-8-6-11-23(17-21)36-22-9-4-3-5-10-22/h3-17,27,32H,18H2,1-2H3/b28-26+. The normalized spacial score (nSPS) is 16.9. The van der Waals surface area contributed by atoms with Crippen LogP contribution in [-0.4, -0.2) is 21.7 Å². The Hall–Kier alpha value is -4.58. The van der Waals surface area contributed by atoms with Crippen LogP contribution in [-0.2, 0) is 16.1 Å². The number of amides is 1. The van der Waals surface area contributed by atoms with Crippen LogP contribution in [0.15, 0.2) is 101 Å². The highest BCUT2D eigenvalue weighted by Crippen LogP contribution is 2.42. The summed E-state index contributed by atoms with van der Waals surface area (Å²) in [5.41, 5.74) is 2.93. The summed E-state index contributed by atoms with van der Waals surface area (Å²) in [5.74, 6) is 0.113. The van der Waals surface area contributed by atoms with E-state index in [0.29, 0.717) is 28.4 Å². The second kappa shape index (κ2) is 9.58. The highest BCUT2D eigenvalue weighted by Gasteiger charge is 2.46. The number of aliphatic hydroxyl groups is 1. The van der Waals surface area contributed by atoms with E-state index in [4.69, 9.17) is 9.15 Å². The molecule has 1 atom stereocenters. The summed E-state index contributed by atoms with van der Waals surface area (Å²) in [6.07, 6.45) is 1.52. The van der Waals surface area contributed by atoms with Crippen molar-refractivity contribution in [3.8, 4) is 11.5 Å². The van der Waals surface area contributed by atoms with E-state index in [1.165, 1.54) is 11.2 Å². The van der Waals surface area contributed by atoms with E-state index < -0.39 is 17.7 Å². The van der Waals surface area contributed by atoms with Gasteiger partial charge >= 0.3 is 0 Å². The molecule has 0 bridgehead atoms. The van der Waals surface area contributed by atoms with Gasteiger partial charge in [-0.15, -0.1) is 0 Å². The average Bonchev–Trinajstić information content (AvgIpc) is 3.48. The Labute approximate surface area is 209 Å². The van der Waals surface area contributed by atoms with Crippen molar-refractivity contribution in [1.82, 2.24) is 4.90 Å².